The molecule has 0 radical (unpaired) electrons. The van der Waals surface area contributed by atoms with E-state index in [4.69, 9.17) is 40.2 Å². The number of aromatic nitrogens is 4. The fraction of sp³-hybridized carbons (Fsp3) is 0.0556. The van der Waals surface area contributed by atoms with Gasteiger partial charge in [-0.3, -0.25) is 10.1 Å². The number of thiocarbonyl (C=S) groups is 1. The number of hydrogen-bond acceptors (Lipinski definition) is 7. The molecule has 12 heteroatoms. The maximum Gasteiger partial charge on any atom is 0.261 e. The van der Waals surface area contributed by atoms with E-state index in [-0.39, 0.29) is 21.4 Å². The maximum atomic E-state index is 12.6. The van der Waals surface area contributed by atoms with Crippen molar-refractivity contribution in [3.63, 3.8) is 0 Å². The van der Waals surface area contributed by atoms with Crippen molar-refractivity contribution in [2.45, 2.75) is 0 Å². The van der Waals surface area contributed by atoms with Gasteiger partial charge in [-0.15, -0.1) is 10.2 Å². The number of fused-ring (bicyclic) bond motifs is 1. The predicted octanol–water partition coefficient (Wildman–Crippen LogP) is 4.30. The summed E-state index contributed by atoms with van der Waals surface area (Å²) >= 11 is 18.7. The van der Waals surface area contributed by atoms with Gasteiger partial charge in [0, 0.05) is 16.3 Å². The lowest BCUT2D eigenvalue weighted by Crippen LogP contribution is -2.34. The number of carbonyl (C=O) groups excluding carboxylic acids is 1. The van der Waals surface area contributed by atoms with Crippen LogP contribution in [0.4, 0.5) is 5.69 Å². The molecule has 4 rings (SSSR count). The van der Waals surface area contributed by atoms with Gasteiger partial charge < -0.3 is 10.1 Å². The minimum Gasteiger partial charge on any atom is -0.494 e. The van der Waals surface area contributed by atoms with E-state index in [1.807, 2.05) is 24.3 Å². The van der Waals surface area contributed by atoms with Crippen LogP contribution in [0, 0.1) is 0 Å². The lowest BCUT2D eigenvalue weighted by Gasteiger charge is -2.13. The molecule has 0 spiro atoms. The summed E-state index contributed by atoms with van der Waals surface area (Å²) in [7, 11) is 1.42. The van der Waals surface area contributed by atoms with Crippen LogP contribution in [0.25, 0.3) is 15.5 Å². The summed E-state index contributed by atoms with van der Waals surface area (Å²) in [6, 6.07) is 10.4. The number of methoxy groups -OCH3 is 1. The molecule has 30 heavy (non-hydrogen) atoms. The molecule has 8 nitrogen and oxygen atoms in total. The number of ether oxygens (including phenoxy) is 1. The number of rotatable bonds is 4. The normalized spacial score (nSPS) is 10.8. The van der Waals surface area contributed by atoms with Crippen LogP contribution in [0.3, 0.4) is 0 Å². The van der Waals surface area contributed by atoms with Crippen molar-refractivity contribution in [3.05, 3.63) is 58.3 Å². The van der Waals surface area contributed by atoms with Gasteiger partial charge in [0.25, 0.3) is 5.91 Å². The molecule has 0 unspecified atom stereocenters. The molecule has 4 aromatic rings. The zero-order valence-corrected chi connectivity index (χ0v) is 18.4. The number of hydrogen-bond donors (Lipinski definition) is 2. The first-order valence-corrected chi connectivity index (χ1v) is 10.4. The zero-order chi connectivity index (χ0) is 21.3. The molecule has 2 aromatic carbocycles. The Morgan fingerprint density at radius 3 is 2.70 bits per heavy atom. The van der Waals surface area contributed by atoms with Gasteiger partial charge in [0.2, 0.25) is 4.96 Å². The van der Waals surface area contributed by atoms with Crippen LogP contribution in [0.2, 0.25) is 10.0 Å². The van der Waals surface area contributed by atoms with Crippen molar-refractivity contribution in [1.82, 2.24) is 25.1 Å². The van der Waals surface area contributed by atoms with E-state index < -0.39 is 5.91 Å². The van der Waals surface area contributed by atoms with Gasteiger partial charge in [-0.05, 0) is 48.6 Å². The highest BCUT2D eigenvalue weighted by Gasteiger charge is 2.18. The van der Waals surface area contributed by atoms with Crippen molar-refractivity contribution < 1.29 is 9.53 Å². The largest absolute Gasteiger partial charge is 0.494 e. The van der Waals surface area contributed by atoms with Crippen LogP contribution in [0.15, 0.2) is 42.7 Å². The molecule has 0 bridgehead atoms. The van der Waals surface area contributed by atoms with E-state index in [2.05, 4.69) is 25.9 Å². The van der Waals surface area contributed by atoms with Crippen LogP contribution in [-0.2, 0) is 0 Å². The van der Waals surface area contributed by atoms with E-state index in [1.54, 1.807) is 10.8 Å². The number of anilines is 1. The Kier molecular flexibility index (Phi) is 5.82. The lowest BCUT2D eigenvalue weighted by atomic mass is 10.2. The van der Waals surface area contributed by atoms with E-state index in [0.717, 1.165) is 10.6 Å². The molecule has 0 aliphatic heterocycles. The smallest absolute Gasteiger partial charge is 0.261 e. The highest BCUT2D eigenvalue weighted by molar-refractivity contribution is 7.80. The molecular formula is C18H12Cl2N6O2S2. The standard InChI is InChI=1S/C18H12Cl2N6O2S2/c1-28-14-12(6-10(19)7-13(14)20)15(27)23-17(29)22-11-4-2-9(3-5-11)16-25-26-8-21-24-18(26)30-16/h2-8H,1H3,(H2,22,23,27,29). The Bertz CT molecular complexity index is 1230. The third kappa shape index (κ3) is 4.21. The highest BCUT2D eigenvalue weighted by atomic mass is 35.5. The van der Waals surface area contributed by atoms with Gasteiger partial charge in [0.05, 0.1) is 17.7 Å². The molecule has 2 N–H and O–H groups in total. The number of carbonyl (C=O) groups is 1. The second-order valence-corrected chi connectivity index (χ2v) is 8.13. The molecule has 0 fully saturated rings. The number of nitrogens with one attached hydrogen (secondary N) is 2. The summed E-state index contributed by atoms with van der Waals surface area (Å²) in [5, 5.41) is 19.2. The second-order valence-electron chi connectivity index (χ2n) is 5.92. The van der Waals surface area contributed by atoms with Gasteiger partial charge in [-0.2, -0.15) is 9.61 Å². The summed E-state index contributed by atoms with van der Waals surface area (Å²) < 4.78 is 6.81. The molecule has 1 amide bonds. The number of nitrogens with zero attached hydrogens (tertiary/aromatic N) is 4. The topological polar surface area (TPSA) is 93.4 Å². The second kappa shape index (κ2) is 8.52. The first kappa shape index (κ1) is 20.5. The SMILES string of the molecule is COc1c(Cl)cc(Cl)cc1C(=O)NC(=S)Nc1ccc(-c2nn3cnnc3s2)cc1. The first-order valence-electron chi connectivity index (χ1n) is 8.37. The van der Waals surface area contributed by atoms with E-state index in [0.29, 0.717) is 15.7 Å². The van der Waals surface area contributed by atoms with Crippen LogP contribution >= 0.6 is 46.8 Å². The van der Waals surface area contributed by atoms with Crippen molar-refractivity contribution >= 4 is 68.4 Å². The maximum absolute atomic E-state index is 12.6. The molecular weight excluding hydrogens is 467 g/mol. The Labute approximate surface area is 189 Å². The zero-order valence-electron chi connectivity index (χ0n) is 15.2. The molecule has 152 valence electrons. The average molecular weight is 479 g/mol. The number of amides is 1. The fourth-order valence-electron chi connectivity index (χ4n) is 2.64. The third-order valence-corrected chi connectivity index (χ3v) is 5.63. The third-order valence-electron chi connectivity index (χ3n) is 3.96. The van der Waals surface area contributed by atoms with Crippen molar-refractivity contribution in [3.8, 4) is 16.3 Å². The first-order chi connectivity index (χ1) is 14.4. The summed E-state index contributed by atoms with van der Waals surface area (Å²) in [6.45, 7) is 0. The molecule has 0 atom stereocenters. The van der Waals surface area contributed by atoms with Gasteiger partial charge in [-0.1, -0.05) is 34.5 Å². The Morgan fingerprint density at radius 2 is 2.00 bits per heavy atom. The highest BCUT2D eigenvalue weighted by Crippen LogP contribution is 2.32. The fourth-order valence-corrected chi connectivity index (χ4v) is 4.25. The molecule has 2 aromatic heterocycles. The van der Waals surface area contributed by atoms with Gasteiger partial charge in [-0.25, -0.2) is 0 Å². The molecule has 0 saturated carbocycles. The quantitative estimate of drug-likeness (QED) is 0.422. The summed E-state index contributed by atoms with van der Waals surface area (Å²) in [4.78, 5) is 13.3. The Balaban J connectivity index is 1.44. The van der Waals surface area contributed by atoms with Crippen LogP contribution in [0.1, 0.15) is 10.4 Å². The molecule has 0 aliphatic carbocycles. The number of benzene rings is 2. The minimum absolute atomic E-state index is 0.115. The van der Waals surface area contributed by atoms with E-state index in [9.17, 15) is 4.79 Å². The summed E-state index contributed by atoms with van der Waals surface area (Å²) in [6.07, 6.45) is 1.55. The monoisotopic (exact) mass is 478 g/mol. The van der Waals surface area contributed by atoms with Crippen LogP contribution < -0.4 is 15.4 Å². The van der Waals surface area contributed by atoms with Crippen molar-refractivity contribution in [2.75, 3.05) is 12.4 Å². The van der Waals surface area contributed by atoms with Gasteiger partial charge in [0.1, 0.15) is 17.1 Å². The average Bonchev–Trinajstić information content (AvgIpc) is 3.30. The summed E-state index contributed by atoms with van der Waals surface area (Å²) in [5.74, 6) is -0.277. The Hall–Kier alpha value is -2.79. The predicted molar refractivity (Wildman–Crippen MR) is 121 cm³/mol. The van der Waals surface area contributed by atoms with Crippen LogP contribution in [-0.4, -0.2) is 37.9 Å². The minimum atomic E-state index is -0.495. The number of halogens is 2. The van der Waals surface area contributed by atoms with Gasteiger partial charge in [0.15, 0.2) is 5.11 Å². The van der Waals surface area contributed by atoms with Crippen molar-refractivity contribution in [1.29, 1.82) is 0 Å². The lowest BCUT2D eigenvalue weighted by molar-refractivity contribution is 0.0975. The molecule has 0 aliphatic rings. The van der Waals surface area contributed by atoms with Gasteiger partial charge >= 0.3 is 0 Å². The van der Waals surface area contributed by atoms with Crippen LogP contribution in [0.5, 0.6) is 5.75 Å². The molecule has 2 heterocycles. The van der Waals surface area contributed by atoms with E-state index in [1.165, 1.54) is 30.6 Å². The van der Waals surface area contributed by atoms with Crippen molar-refractivity contribution in [2.24, 2.45) is 0 Å². The summed E-state index contributed by atoms with van der Waals surface area (Å²) in [5.41, 5.74) is 1.80. The molecule has 0 saturated heterocycles. The Morgan fingerprint density at radius 1 is 1.23 bits per heavy atom. The van der Waals surface area contributed by atoms with E-state index >= 15 is 0 Å².